The normalized spacial score (nSPS) is 11.8. The minimum Gasteiger partial charge on any atom is -0.495 e. The van der Waals surface area contributed by atoms with Crippen molar-refractivity contribution in [1.29, 1.82) is 0 Å². The van der Waals surface area contributed by atoms with Crippen LogP contribution in [-0.4, -0.2) is 32.0 Å². The van der Waals surface area contributed by atoms with E-state index < -0.39 is 12.0 Å². The number of halogens is 1. The first-order valence-electron chi connectivity index (χ1n) is 5.19. The third kappa shape index (κ3) is 3.45. The van der Waals surface area contributed by atoms with Crippen LogP contribution in [0.5, 0.6) is 5.75 Å². The standard InChI is InChI=1S/C12H14ClNO4/c1-17-11-4-3-7(5-8(11)13)10(15)6-9(14)12(16)18-2/h3-5,9H,6,14H2,1-2H3. The Morgan fingerprint density at radius 1 is 1.39 bits per heavy atom. The third-order valence-electron chi connectivity index (χ3n) is 2.38. The molecule has 0 amide bonds. The van der Waals surface area contributed by atoms with Crippen LogP contribution < -0.4 is 10.5 Å². The molecule has 0 radical (unpaired) electrons. The summed E-state index contributed by atoms with van der Waals surface area (Å²) in [6, 6.07) is 3.66. The largest absolute Gasteiger partial charge is 0.495 e. The summed E-state index contributed by atoms with van der Waals surface area (Å²) >= 11 is 5.90. The lowest BCUT2D eigenvalue weighted by molar-refractivity contribution is -0.142. The van der Waals surface area contributed by atoms with Crippen molar-refractivity contribution in [2.45, 2.75) is 12.5 Å². The van der Waals surface area contributed by atoms with Crippen LogP contribution in [-0.2, 0) is 9.53 Å². The van der Waals surface area contributed by atoms with Gasteiger partial charge < -0.3 is 15.2 Å². The van der Waals surface area contributed by atoms with Crippen molar-refractivity contribution >= 4 is 23.4 Å². The minimum absolute atomic E-state index is 0.130. The molecule has 1 aromatic rings. The highest BCUT2D eigenvalue weighted by Crippen LogP contribution is 2.25. The molecule has 5 nitrogen and oxygen atoms in total. The first-order valence-corrected chi connectivity index (χ1v) is 5.57. The summed E-state index contributed by atoms with van der Waals surface area (Å²) in [5, 5.41) is 0.329. The number of Topliss-reactive ketones (excluding diaryl/α,β-unsaturated/α-hetero) is 1. The molecule has 0 fully saturated rings. The third-order valence-corrected chi connectivity index (χ3v) is 2.68. The van der Waals surface area contributed by atoms with E-state index in [-0.39, 0.29) is 12.2 Å². The fourth-order valence-corrected chi connectivity index (χ4v) is 1.65. The Morgan fingerprint density at radius 3 is 2.56 bits per heavy atom. The van der Waals surface area contributed by atoms with Gasteiger partial charge in [-0.3, -0.25) is 9.59 Å². The summed E-state index contributed by atoms with van der Waals surface area (Å²) in [5.74, 6) is -0.425. The van der Waals surface area contributed by atoms with Crippen molar-refractivity contribution in [3.63, 3.8) is 0 Å². The molecule has 0 heterocycles. The Labute approximate surface area is 110 Å². The van der Waals surface area contributed by atoms with Crippen molar-refractivity contribution in [2.24, 2.45) is 5.73 Å². The Hall–Kier alpha value is -1.59. The Bertz CT molecular complexity index is 461. The first-order chi connectivity index (χ1) is 8.49. The molecule has 0 saturated carbocycles. The quantitative estimate of drug-likeness (QED) is 0.647. The number of hydrogen-bond acceptors (Lipinski definition) is 5. The number of hydrogen-bond donors (Lipinski definition) is 1. The number of benzene rings is 1. The van der Waals surface area contributed by atoms with E-state index in [2.05, 4.69) is 4.74 Å². The van der Waals surface area contributed by atoms with Gasteiger partial charge in [-0.25, -0.2) is 0 Å². The summed E-state index contributed by atoms with van der Waals surface area (Å²) < 4.78 is 9.42. The Balaban J connectivity index is 2.79. The molecular weight excluding hydrogens is 258 g/mol. The molecule has 1 aromatic carbocycles. The second kappa shape index (κ2) is 6.37. The summed E-state index contributed by atoms with van der Waals surface area (Å²) in [6.45, 7) is 0. The molecule has 0 bridgehead atoms. The minimum atomic E-state index is -0.969. The van der Waals surface area contributed by atoms with Gasteiger partial charge in [-0.15, -0.1) is 0 Å². The molecule has 2 N–H and O–H groups in total. The Kier molecular flexibility index (Phi) is 5.12. The van der Waals surface area contributed by atoms with Gasteiger partial charge >= 0.3 is 5.97 Å². The van der Waals surface area contributed by atoms with Crippen molar-refractivity contribution < 1.29 is 19.1 Å². The van der Waals surface area contributed by atoms with Gasteiger partial charge in [0.05, 0.1) is 19.2 Å². The molecule has 98 valence electrons. The summed E-state index contributed by atoms with van der Waals surface area (Å²) in [4.78, 5) is 22.9. The second-order valence-electron chi connectivity index (χ2n) is 3.61. The van der Waals surface area contributed by atoms with Gasteiger partial charge in [0.1, 0.15) is 11.8 Å². The highest BCUT2D eigenvalue weighted by atomic mass is 35.5. The Morgan fingerprint density at radius 2 is 2.06 bits per heavy atom. The van der Waals surface area contributed by atoms with Gasteiger partial charge in [0.15, 0.2) is 5.78 Å². The molecule has 1 rings (SSSR count). The van der Waals surface area contributed by atoms with E-state index in [1.165, 1.54) is 20.3 Å². The van der Waals surface area contributed by atoms with Crippen molar-refractivity contribution in [2.75, 3.05) is 14.2 Å². The maximum atomic E-state index is 11.8. The van der Waals surface area contributed by atoms with Crippen LogP contribution in [0.2, 0.25) is 5.02 Å². The molecule has 0 aliphatic carbocycles. The first kappa shape index (κ1) is 14.5. The summed E-state index contributed by atoms with van der Waals surface area (Å²) in [6.07, 6.45) is -0.130. The van der Waals surface area contributed by atoms with E-state index in [1.54, 1.807) is 12.1 Å². The second-order valence-corrected chi connectivity index (χ2v) is 4.01. The van der Waals surface area contributed by atoms with E-state index in [1.807, 2.05) is 0 Å². The van der Waals surface area contributed by atoms with E-state index in [9.17, 15) is 9.59 Å². The van der Waals surface area contributed by atoms with Crippen LogP contribution in [0.3, 0.4) is 0 Å². The predicted octanol–water partition coefficient (Wildman–Crippen LogP) is 1.42. The fourth-order valence-electron chi connectivity index (χ4n) is 1.39. The summed E-state index contributed by atoms with van der Waals surface area (Å²) in [5.41, 5.74) is 5.88. The lowest BCUT2D eigenvalue weighted by atomic mass is 10.0. The van der Waals surface area contributed by atoms with Gasteiger partial charge in [0.25, 0.3) is 0 Å². The van der Waals surface area contributed by atoms with Crippen LogP contribution in [0.1, 0.15) is 16.8 Å². The number of nitrogens with two attached hydrogens (primary N) is 1. The number of methoxy groups -OCH3 is 2. The van der Waals surface area contributed by atoms with Crippen LogP contribution in [0.4, 0.5) is 0 Å². The molecule has 6 heteroatoms. The molecule has 1 atom stereocenters. The van der Waals surface area contributed by atoms with Gasteiger partial charge in [-0.05, 0) is 18.2 Å². The van der Waals surface area contributed by atoms with Crippen LogP contribution in [0.15, 0.2) is 18.2 Å². The summed E-state index contributed by atoms with van der Waals surface area (Å²) in [7, 11) is 2.70. The van der Waals surface area contributed by atoms with Gasteiger partial charge in [0.2, 0.25) is 0 Å². The molecule has 18 heavy (non-hydrogen) atoms. The molecular formula is C12H14ClNO4. The number of esters is 1. The van der Waals surface area contributed by atoms with Crippen molar-refractivity contribution in [1.82, 2.24) is 0 Å². The molecule has 1 unspecified atom stereocenters. The van der Waals surface area contributed by atoms with Crippen molar-refractivity contribution in [3.05, 3.63) is 28.8 Å². The number of carbonyl (C=O) groups is 2. The fraction of sp³-hybridized carbons (Fsp3) is 0.333. The highest BCUT2D eigenvalue weighted by Gasteiger charge is 2.19. The average Bonchev–Trinajstić information content (AvgIpc) is 2.37. The maximum Gasteiger partial charge on any atom is 0.323 e. The zero-order chi connectivity index (χ0) is 13.7. The maximum absolute atomic E-state index is 11.8. The lowest BCUT2D eigenvalue weighted by Crippen LogP contribution is -2.33. The molecule has 0 aliphatic rings. The van der Waals surface area contributed by atoms with E-state index in [4.69, 9.17) is 22.1 Å². The number of carbonyl (C=O) groups excluding carboxylic acids is 2. The number of rotatable bonds is 5. The molecule has 0 spiro atoms. The number of ether oxygens (including phenoxy) is 2. The predicted molar refractivity (Wildman–Crippen MR) is 66.9 cm³/mol. The number of ketones is 1. The average molecular weight is 272 g/mol. The van der Waals surface area contributed by atoms with Crippen molar-refractivity contribution in [3.8, 4) is 5.75 Å². The van der Waals surface area contributed by atoms with Crippen LogP contribution in [0, 0.1) is 0 Å². The lowest BCUT2D eigenvalue weighted by Gasteiger charge is -2.09. The van der Waals surface area contributed by atoms with E-state index in [0.717, 1.165) is 0 Å². The van der Waals surface area contributed by atoms with Gasteiger partial charge in [0, 0.05) is 12.0 Å². The van der Waals surface area contributed by atoms with Crippen LogP contribution in [0.25, 0.3) is 0 Å². The van der Waals surface area contributed by atoms with Gasteiger partial charge in [-0.2, -0.15) is 0 Å². The zero-order valence-electron chi connectivity index (χ0n) is 10.1. The highest BCUT2D eigenvalue weighted by molar-refractivity contribution is 6.32. The van der Waals surface area contributed by atoms with E-state index >= 15 is 0 Å². The van der Waals surface area contributed by atoms with Crippen LogP contribution >= 0.6 is 11.6 Å². The topological polar surface area (TPSA) is 78.6 Å². The molecule has 0 aromatic heterocycles. The molecule has 0 aliphatic heterocycles. The SMILES string of the molecule is COC(=O)C(N)CC(=O)c1ccc(OC)c(Cl)c1. The molecule has 0 saturated heterocycles. The van der Waals surface area contributed by atoms with Gasteiger partial charge in [-0.1, -0.05) is 11.6 Å². The van der Waals surface area contributed by atoms with E-state index in [0.29, 0.717) is 16.3 Å². The smallest absolute Gasteiger partial charge is 0.323 e. The monoisotopic (exact) mass is 271 g/mol. The zero-order valence-corrected chi connectivity index (χ0v) is 10.9.